The van der Waals surface area contributed by atoms with E-state index < -0.39 is 17.9 Å². The van der Waals surface area contributed by atoms with Gasteiger partial charge in [0, 0.05) is 28.9 Å². The molecule has 0 saturated carbocycles. The number of nitrogens with two attached hydrogens (primary N) is 1. The van der Waals surface area contributed by atoms with Crippen LogP contribution in [0.25, 0.3) is 11.3 Å². The fraction of sp³-hybridized carbons (Fsp3) is 0.167. The van der Waals surface area contributed by atoms with Crippen molar-refractivity contribution in [3.05, 3.63) is 89.6 Å². The van der Waals surface area contributed by atoms with Gasteiger partial charge in [0.2, 0.25) is 0 Å². The Morgan fingerprint density at radius 2 is 1.81 bits per heavy atom. The number of pyridine rings is 1. The fourth-order valence-electron chi connectivity index (χ4n) is 3.31. The van der Waals surface area contributed by atoms with Crippen LogP contribution in [0.3, 0.4) is 0 Å². The van der Waals surface area contributed by atoms with Gasteiger partial charge < -0.3 is 16.2 Å². The Morgan fingerprint density at radius 3 is 2.42 bits per heavy atom. The number of rotatable bonds is 8. The predicted molar refractivity (Wildman–Crippen MR) is 119 cm³/mol. The van der Waals surface area contributed by atoms with Crippen molar-refractivity contribution in [3.63, 3.8) is 0 Å². The molecule has 0 fully saturated rings. The van der Waals surface area contributed by atoms with Gasteiger partial charge in [0.1, 0.15) is 5.84 Å². The molecule has 5 N–H and O–H groups in total. The summed E-state index contributed by atoms with van der Waals surface area (Å²) < 4.78 is 0. The first-order valence-corrected chi connectivity index (χ1v) is 9.83. The van der Waals surface area contributed by atoms with Gasteiger partial charge in [-0.3, -0.25) is 20.0 Å². The number of carbonyl (C=O) groups is 2. The van der Waals surface area contributed by atoms with E-state index in [-0.39, 0.29) is 18.2 Å². The van der Waals surface area contributed by atoms with Crippen molar-refractivity contribution >= 4 is 17.7 Å². The molecule has 0 radical (unpaired) electrons. The molecular weight excluding hydrogens is 392 g/mol. The summed E-state index contributed by atoms with van der Waals surface area (Å²) in [5, 5.41) is 20.0. The summed E-state index contributed by atoms with van der Waals surface area (Å²) in [6.07, 6.45) is 1.91. The third-order valence-electron chi connectivity index (χ3n) is 5.08. The van der Waals surface area contributed by atoms with E-state index in [9.17, 15) is 14.7 Å². The molecule has 158 valence electrons. The second-order valence-corrected chi connectivity index (χ2v) is 7.32. The van der Waals surface area contributed by atoms with Crippen LogP contribution < -0.4 is 11.1 Å². The third kappa shape index (κ3) is 5.54. The average molecular weight is 416 g/mol. The highest BCUT2D eigenvalue weighted by Gasteiger charge is 2.27. The molecule has 7 heteroatoms. The zero-order chi connectivity index (χ0) is 22.4. The minimum absolute atomic E-state index is 0.0794. The van der Waals surface area contributed by atoms with Crippen LogP contribution in [0, 0.1) is 11.3 Å². The first-order chi connectivity index (χ1) is 14.8. The molecular formula is C24H24N4O3. The Morgan fingerprint density at radius 1 is 1.06 bits per heavy atom. The van der Waals surface area contributed by atoms with Crippen LogP contribution in [-0.2, 0) is 11.2 Å². The van der Waals surface area contributed by atoms with Gasteiger partial charge >= 0.3 is 5.97 Å². The highest BCUT2D eigenvalue weighted by molar-refractivity contribution is 5.95. The molecule has 2 atom stereocenters. The molecule has 1 aromatic heterocycles. The van der Waals surface area contributed by atoms with Crippen LogP contribution in [0.2, 0.25) is 0 Å². The Hall–Kier alpha value is -4.00. The summed E-state index contributed by atoms with van der Waals surface area (Å²) >= 11 is 0. The molecule has 0 aliphatic carbocycles. The van der Waals surface area contributed by atoms with Gasteiger partial charge in [-0.2, -0.15) is 0 Å². The fourth-order valence-corrected chi connectivity index (χ4v) is 3.31. The zero-order valence-corrected chi connectivity index (χ0v) is 17.1. The van der Waals surface area contributed by atoms with E-state index in [1.165, 1.54) is 0 Å². The van der Waals surface area contributed by atoms with Crippen molar-refractivity contribution in [2.75, 3.05) is 0 Å². The van der Waals surface area contributed by atoms with Crippen molar-refractivity contribution in [2.45, 2.75) is 19.4 Å². The van der Waals surface area contributed by atoms with Gasteiger partial charge in [-0.15, -0.1) is 0 Å². The summed E-state index contributed by atoms with van der Waals surface area (Å²) in [6, 6.07) is 18.9. The number of amidine groups is 1. The SMILES string of the molecule is C[C@@H](NC(=O)c1ccc(-c2ccccn2)cc1)[C@@H](Cc1cccc(C(=N)N)c1)C(=O)O. The van der Waals surface area contributed by atoms with Gasteiger partial charge in [0.15, 0.2) is 0 Å². The Bertz CT molecular complexity index is 1080. The van der Waals surface area contributed by atoms with E-state index in [2.05, 4.69) is 10.3 Å². The van der Waals surface area contributed by atoms with Crippen LogP contribution in [0.5, 0.6) is 0 Å². The predicted octanol–water partition coefficient (Wildman–Crippen LogP) is 3.09. The number of carboxylic acids is 1. The van der Waals surface area contributed by atoms with Gasteiger partial charge in [-0.1, -0.05) is 36.4 Å². The molecule has 3 rings (SSSR count). The lowest BCUT2D eigenvalue weighted by Gasteiger charge is -2.22. The van der Waals surface area contributed by atoms with Crippen LogP contribution in [-0.4, -0.2) is 33.8 Å². The Labute approximate surface area is 180 Å². The molecule has 1 heterocycles. The number of aliphatic carboxylic acids is 1. The maximum absolute atomic E-state index is 12.7. The van der Waals surface area contributed by atoms with Crippen molar-refractivity contribution in [3.8, 4) is 11.3 Å². The van der Waals surface area contributed by atoms with Gasteiger partial charge in [-0.05, 0) is 49.2 Å². The molecule has 31 heavy (non-hydrogen) atoms. The zero-order valence-electron chi connectivity index (χ0n) is 17.1. The van der Waals surface area contributed by atoms with Crippen molar-refractivity contribution in [1.29, 1.82) is 5.41 Å². The van der Waals surface area contributed by atoms with E-state index in [0.29, 0.717) is 11.1 Å². The molecule has 0 aliphatic heterocycles. The van der Waals surface area contributed by atoms with Crippen LogP contribution in [0.1, 0.15) is 28.4 Å². The molecule has 0 spiro atoms. The molecule has 1 amide bonds. The maximum Gasteiger partial charge on any atom is 0.308 e. The number of aromatic nitrogens is 1. The lowest BCUT2D eigenvalue weighted by molar-refractivity contribution is -0.142. The first-order valence-electron chi connectivity index (χ1n) is 9.83. The molecule has 2 aromatic carbocycles. The van der Waals surface area contributed by atoms with E-state index in [1.54, 1.807) is 49.5 Å². The lowest BCUT2D eigenvalue weighted by atomic mass is 9.92. The number of carboxylic acid groups (broad SMARTS) is 1. The highest BCUT2D eigenvalue weighted by Crippen LogP contribution is 2.18. The number of amides is 1. The van der Waals surface area contributed by atoms with Gasteiger partial charge in [-0.25, -0.2) is 0 Å². The van der Waals surface area contributed by atoms with E-state index in [1.807, 2.05) is 30.3 Å². The molecule has 7 nitrogen and oxygen atoms in total. The number of hydrogen-bond donors (Lipinski definition) is 4. The number of hydrogen-bond acceptors (Lipinski definition) is 4. The first kappa shape index (κ1) is 21.7. The Kier molecular flexibility index (Phi) is 6.77. The van der Waals surface area contributed by atoms with Gasteiger partial charge in [0.25, 0.3) is 5.91 Å². The second kappa shape index (κ2) is 9.67. The van der Waals surface area contributed by atoms with Gasteiger partial charge in [0.05, 0.1) is 11.6 Å². The molecule has 0 aliphatic rings. The number of nitrogens with zero attached hydrogens (tertiary/aromatic N) is 1. The van der Waals surface area contributed by atoms with Crippen LogP contribution in [0.15, 0.2) is 72.9 Å². The summed E-state index contributed by atoms with van der Waals surface area (Å²) in [7, 11) is 0. The average Bonchev–Trinajstić information content (AvgIpc) is 2.78. The quantitative estimate of drug-likeness (QED) is 0.331. The summed E-state index contributed by atoms with van der Waals surface area (Å²) in [5.74, 6) is -2.27. The third-order valence-corrected chi connectivity index (χ3v) is 5.08. The summed E-state index contributed by atoms with van der Waals surface area (Å²) in [6.45, 7) is 1.67. The summed E-state index contributed by atoms with van der Waals surface area (Å²) in [5.41, 5.74) is 8.92. The topological polar surface area (TPSA) is 129 Å². The smallest absolute Gasteiger partial charge is 0.308 e. The normalized spacial score (nSPS) is 12.5. The number of nitrogen functional groups attached to an aromatic ring is 1. The minimum atomic E-state index is -1.01. The Balaban J connectivity index is 1.69. The van der Waals surface area contributed by atoms with Crippen molar-refractivity contribution in [1.82, 2.24) is 10.3 Å². The second-order valence-electron chi connectivity index (χ2n) is 7.32. The van der Waals surface area contributed by atoms with Crippen molar-refractivity contribution in [2.24, 2.45) is 11.7 Å². The number of benzene rings is 2. The molecule has 0 bridgehead atoms. The molecule has 0 unspecified atom stereocenters. The maximum atomic E-state index is 12.7. The van der Waals surface area contributed by atoms with Crippen LogP contribution >= 0.6 is 0 Å². The van der Waals surface area contributed by atoms with Crippen molar-refractivity contribution < 1.29 is 14.7 Å². The standard InChI is InChI=1S/C24H24N4O3/c1-15(20(24(30)31)14-16-5-4-6-19(13-16)22(25)26)28-23(29)18-10-8-17(9-11-18)21-7-2-3-12-27-21/h2-13,15,20H,14H2,1H3,(H3,25,26)(H,28,29)(H,30,31)/t15-,20-/m1/s1. The monoisotopic (exact) mass is 416 g/mol. The minimum Gasteiger partial charge on any atom is -0.481 e. The largest absolute Gasteiger partial charge is 0.481 e. The number of nitrogens with one attached hydrogen (secondary N) is 2. The van der Waals surface area contributed by atoms with E-state index in [0.717, 1.165) is 16.8 Å². The molecule has 0 saturated heterocycles. The van der Waals surface area contributed by atoms with Crippen LogP contribution in [0.4, 0.5) is 0 Å². The van der Waals surface area contributed by atoms with E-state index >= 15 is 0 Å². The summed E-state index contributed by atoms with van der Waals surface area (Å²) in [4.78, 5) is 28.8. The van der Waals surface area contributed by atoms with E-state index in [4.69, 9.17) is 11.1 Å². The molecule has 3 aromatic rings. The number of carbonyl (C=O) groups excluding carboxylic acids is 1. The lowest BCUT2D eigenvalue weighted by Crippen LogP contribution is -2.42. The highest BCUT2D eigenvalue weighted by atomic mass is 16.4.